The van der Waals surface area contributed by atoms with Crippen LogP contribution in [0, 0.1) is 0 Å². The van der Waals surface area contributed by atoms with Crippen molar-refractivity contribution in [3.05, 3.63) is 29.3 Å². The van der Waals surface area contributed by atoms with Crippen LogP contribution in [0.25, 0.3) is 0 Å². The summed E-state index contributed by atoms with van der Waals surface area (Å²) < 4.78 is 10.8. The average molecular weight is 347 g/mol. The standard InChI is InChI=1S/C19H29N3O3/c1-5-20-18(22-13-17(23)25-19(2,3)4)21-10-8-14-6-7-16-15(12-14)9-11-24-16/h6-7,12H,5,8-11,13H2,1-4H3,(H2,20,21,22). The minimum absolute atomic E-state index is 0.00277. The Kier molecular flexibility index (Phi) is 6.67. The molecule has 1 heterocycles. The summed E-state index contributed by atoms with van der Waals surface area (Å²) in [6.45, 7) is 9.78. The molecule has 6 heteroatoms. The molecule has 1 aromatic rings. The highest BCUT2D eigenvalue weighted by molar-refractivity contribution is 5.83. The molecular formula is C19H29N3O3. The smallest absolute Gasteiger partial charge is 0.328 e. The summed E-state index contributed by atoms with van der Waals surface area (Å²) >= 11 is 0. The number of fused-ring (bicyclic) bond motifs is 1. The lowest BCUT2D eigenvalue weighted by atomic mass is 10.1. The maximum absolute atomic E-state index is 11.8. The normalized spacial score (nSPS) is 13.8. The molecule has 0 unspecified atom stereocenters. The Labute approximate surface area is 150 Å². The summed E-state index contributed by atoms with van der Waals surface area (Å²) in [5, 5.41) is 6.39. The Balaban J connectivity index is 1.82. The molecule has 0 saturated carbocycles. The number of ether oxygens (including phenoxy) is 2. The predicted octanol–water partition coefficient (Wildman–Crippen LogP) is 2.06. The summed E-state index contributed by atoms with van der Waals surface area (Å²) in [5.41, 5.74) is 2.05. The Bertz CT molecular complexity index is 621. The molecule has 0 amide bonds. The largest absolute Gasteiger partial charge is 0.493 e. The molecule has 0 spiro atoms. The average Bonchev–Trinajstić information content (AvgIpc) is 2.98. The highest BCUT2D eigenvalue weighted by Crippen LogP contribution is 2.25. The Morgan fingerprint density at radius 3 is 2.84 bits per heavy atom. The molecule has 1 aliphatic rings. The highest BCUT2D eigenvalue weighted by Gasteiger charge is 2.16. The van der Waals surface area contributed by atoms with E-state index in [1.165, 1.54) is 11.1 Å². The van der Waals surface area contributed by atoms with Crippen molar-refractivity contribution < 1.29 is 14.3 Å². The summed E-state index contributed by atoms with van der Waals surface area (Å²) in [6.07, 6.45) is 1.86. The number of guanidine groups is 1. The number of esters is 1. The third-order valence-electron chi connectivity index (χ3n) is 3.59. The van der Waals surface area contributed by atoms with Crippen molar-refractivity contribution in [2.24, 2.45) is 4.99 Å². The number of nitrogens with zero attached hydrogens (tertiary/aromatic N) is 1. The maximum Gasteiger partial charge on any atom is 0.328 e. The van der Waals surface area contributed by atoms with Crippen molar-refractivity contribution in [3.63, 3.8) is 0 Å². The molecular weight excluding hydrogens is 318 g/mol. The predicted molar refractivity (Wildman–Crippen MR) is 99.2 cm³/mol. The molecule has 0 radical (unpaired) electrons. The van der Waals surface area contributed by atoms with Gasteiger partial charge in [0.05, 0.1) is 6.61 Å². The van der Waals surface area contributed by atoms with Crippen LogP contribution in [-0.4, -0.2) is 43.8 Å². The number of carbonyl (C=O) groups is 1. The van der Waals surface area contributed by atoms with Crippen LogP contribution in [0.1, 0.15) is 38.8 Å². The summed E-state index contributed by atoms with van der Waals surface area (Å²) in [6, 6.07) is 6.34. The van der Waals surface area contributed by atoms with Crippen molar-refractivity contribution >= 4 is 11.9 Å². The van der Waals surface area contributed by atoms with Crippen molar-refractivity contribution in [1.82, 2.24) is 10.6 Å². The van der Waals surface area contributed by atoms with E-state index in [9.17, 15) is 4.79 Å². The fraction of sp³-hybridized carbons (Fsp3) is 0.579. The Morgan fingerprint density at radius 2 is 2.12 bits per heavy atom. The fourth-order valence-corrected chi connectivity index (χ4v) is 2.58. The SMILES string of the molecule is CCNC(=NCC(=O)OC(C)(C)C)NCCc1ccc2c(c1)CCO2. The maximum atomic E-state index is 11.8. The third kappa shape index (κ3) is 6.64. The van der Waals surface area contributed by atoms with Crippen molar-refractivity contribution in [2.45, 2.75) is 46.1 Å². The highest BCUT2D eigenvalue weighted by atomic mass is 16.6. The minimum Gasteiger partial charge on any atom is -0.493 e. The van der Waals surface area contributed by atoms with Gasteiger partial charge in [0.15, 0.2) is 5.96 Å². The van der Waals surface area contributed by atoms with E-state index in [2.05, 4.69) is 27.8 Å². The van der Waals surface area contributed by atoms with Crippen LogP contribution in [0.15, 0.2) is 23.2 Å². The number of aliphatic imine (C=N–C) groups is 1. The lowest BCUT2D eigenvalue weighted by Crippen LogP contribution is -2.39. The molecule has 0 bridgehead atoms. The summed E-state index contributed by atoms with van der Waals surface area (Å²) in [7, 11) is 0. The number of hydrogen-bond donors (Lipinski definition) is 2. The fourth-order valence-electron chi connectivity index (χ4n) is 2.58. The zero-order chi connectivity index (χ0) is 18.3. The number of carbonyl (C=O) groups excluding carboxylic acids is 1. The topological polar surface area (TPSA) is 72.0 Å². The van der Waals surface area contributed by atoms with Gasteiger partial charge in [-0.2, -0.15) is 0 Å². The molecule has 0 saturated heterocycles. The van der Waals surface area contributed by atoms with Crippen LogP contribution in [0.5, 0.6) is 5.75 Å². The van der Waals surface area contributed by atoms with Crippen LogP contribution in [0.4, 0.5) is 0 Å². The molecule has 0 atom stereocenters. The first kappa shape index (κ1) is 19.1. The molecule has 6 nitrogen and oxygen atoms in total. The monoisotopic (exact) mass is 347 g/mol. The first-order valence-electron chi connectivity index (χ1n) is 8.86. The van der Waals surface area contributed by atoms with Gasteiger partial charge in [0.2, 0.25) is 0 Å². The number of rotatable bonds is 6. The molecule has 25 heavy (non-hydrogen) atoms. The van der Waals surface area contributed by atoms with Gasteiger partial charge in [-0.15, -0.1) is 0 Å². The molecule has 1 aliphatic heterocycles. The van der Waals surface area contributed by atoms with E-state index in [0.717, 1.165) is 38.3 Å². The van der Waals surface area contributed by atoms with Gasteiger partial charge >= 0.3 is 5.97 Å². The first-order valence-corrected chi connectivity index (χ1v) is 8.86. The van der Waals surface area contributed by atoms with E-state index in [1.54, 1.807) is 0 Å². The molecule has 0 fully saturated rings. The van der Waals surface area contributed by atoms with Crippen molar-refractivity contribution in [3.8, 4) is 5.75 Å². The van der Waals surface area contributed by atoms with Crippen molar-refractivity contribution in [2.75, 3.05) is 26.2 Å². The van der Waals surface area contributed by atoms with Crippen molar-refractivity contribution in [1.29, 1.82) is 0 Å². The van der Waals surface area contributed by atoms with Gasteiger partial charge < -0.3 is 20.1 Å². The van der Waals surface area contributed by atoms with E-state index in [4.69, 9.17) is 9.47 Å². The van der Waals surface area contributed by atoms with E-state index in [1.807, 2.05) is 33.8 Å². The zero-order valence-electron chi connectivity index (χ0n) is 15.6. The molecule has 2 N–H and O–H groups in total. The van der Waals surface area contributed by atoms with Crippen LogP contribution in [-0.2, 0) is 22.4 Å². The van der Waals surface area contributed by atoms with Gasteiger partial charge in [-0.25, -0.2) is 4.99 Å². The number of benzene rings is 1. The van der Waals surface area contributed by atoms with Crippen LogP contribution in [0.3, 0.4) is 0 Å². The molecule has 1 aromatic carbocycles. The lowest BCUT2D eigenvalue weighted by Gasteiger charge is -2.19. The second-order valence-electron chi connectivity index (χ2n) is 7.00. The van der Waals surface area contributed by atoms with Gasteiger partial charge in [0.25, 0.3) is 0 Å². The van der Waals surface area contributed by atoms with Gasteiger partial charge in [-0.3, -0.25) is 4.79 Å². The molecule has 0 aromatic heterocycles. The van der Waals surface area contributed by atoms with Crippen LogP contribution < -0.4 is 15.4 Å². The van der Waals surface area contributed by atoms with Gasteiger partial charge in [0, 0.05) is 19.5 Å². The lowest BCUT2D eigenvalue weighted by molar-refractivity contribution is -0.152. The van der Waals surface area contributed by atoms with Gasteiger partial charge in [-0.1, -0.05) is 12.1 Å². The van der Waals surface area contributed by atoms with Crippen LogP contribution in [0.2, 0.25) is 0 Å². The van der Waals surface area contributed by atoms with E-state index >= 15 is 0 Å². The zero-order valence-corrected chi connectivity index (χ0v) is 15.6. The quantitative estimate of drug-likeness (QED) is 0.468. The van der Waals surface area contributed by atoms with Crippen LogP contribution >= 0.6 is 0 Å². The van der Waals surface area contributed by atoms with Gasteiger partial charge in [-0.05, 0) is 51.3 Å². The first-order chi connectivity index (χ1) is 11.9. The Morgan fingerprint density at radius 1 is 1.32 bits per heavy atom. The summed E-state index contributed by atoms with van der Waals surface area (Å²) in [4.78, 5) is 16.1. The summed E-state index contributed by atoms with van der Waals surface area (Å²) in [5.74, 6) is 1.30. The molecule has 2 rings (SSSR count). The number of hydrogen-bond acceptors (Lipinski definition) is 4. The van der Waals surface area contributed by atoms with E-state index < -0.39 is 5.60 Å². The second kappa shape index (κ2) is 8.74. The Hall–Kier alpha value is -2.24. The third-order valence-corrected chi connectivity index (χ3v) is 3.59. The second-order valence-corrected chi connectivity index (χ2v) is 7.00. The number of nitrogens with one attached hydrogen (secondary N) is 2. The molecule has 0 aliphatic carbocycles. The minimum atomic E-state index is -0.490. The van der Waals surface area contributed by atoms with Gasteiger partial charge in [0.1, 0.15) is 17.9 Å². The van der Waals surface area contributed by atoms with E-state index in [-0.39, 0.29) is 12.5 Å². The van der Waals surface area contributed by atoms with E-state index in [0.29, 0.717) is 5.96 Å². The molecule has 138 valence electrons.